The molecule has 2 aromatic rings. The summed E-state index contributed by atoms with van der Waals surface area (Å²) in [5.74, 6) is 0.563. The summed E-state index contributed by atoms with van der Waals surface area (Å²) in [5.41, 5.74) is 0.0247. The Bertz CT molecular complexity index is 541. The van der Waals surface area contributed by atoms with Crippen LogP contribution in [0.2, 0.25) is 0 Å². The van der Waals surface area contributed by atoms with Crippen molar-refractivity contribution in [3.63, 3.8) is 0 Å². The quantitative estimate of drug-likeness (QED) is 0.828. The Morgan fingerprint density at radius 1 is 1.59 bits per heavy atom. The molecule has 0 spiro atoms. The zero-order valence-corrected chi connectivity index (χ0v) is 9.77. The average molecular weight is 251 g/mol. The second kappa shape index (κ2) is 4.96. The number of nitrogens with zero attached hydrogens (tertiary/aromatic N) is 3. The van der Waals surface area contributed by atoms with Crippen LogP contribution in [0.1, 0.15) is 22.2 Å². The molecule has 0 amide bonds. The number of thioether (sulfide) groups is 1. The molecule has 0 atom stereocenters. The van der Waals surface area contributed by atoms with Gasteiger partial charge >= 0.3 is 5.97 Å². The van der Waals surface area contributed by atoms with Gasteiger partial charge in [0.1, 0.15) is 5.69 Å². The summed E-state index contributed by atoms with van der Waals surface area (Å²) in [7, 11) is 0. The molecule has 6 nitrogen and oxygen atoms in total. The molecule has 0 saturated carbocycles. The van der Waals surface area contributed by atoms with Gasteiger partial charge in [0, 0.05) is 11.1 Å². The minimum absolute atomic E-state index is 0.0247. The fourth-order valence-electron chi connectivity index (χ4n) is 1.16. The van der Waals surface area contributed by atoms with Crippen LogP contribution in [-0.4, -0.2) is 26.2 Å². The first-order valence-corrected chi connectivity index (χ1v) is 5.75. The Hall–Kier alpha value is -1.89. The molecule has 0 radical (unpaired) electrons. The van der Waals surface area contributed by atoms with Crippen molar-refractivity contribution in [2.75, 3.05) is 0 Å². The molecule has 0 aliphatic carbocycles. The predicted molar refractivity (Wildman–Crippen MR) is 59.8 cm³/mol. The van der Waals surface area contributed by atoms with Gasteiger partial charge in [0.15, 0.2) is 5.82 Å². The third-order valence-corrected chi connectivity index (χ3v) is 2.86. The number of aryl methyl sites for hydroxylation is 1. The predicted octanol–water partition coefficient (Wildman–Crippen LogP) is 1.76. The van der Waals surface area contributed by atoms with Crippen LogP contribution in [0.15, 0.2) is 27.7 Å². The van der Waals surface area contributed by atoms with E-state index in [9.17, 15) is 4.79 Å². The van der Waals surface area contributed by atoms with Crippen molar-refractivity contribution in [3.05, 3.63) is 35.7 Å². The molecule has 88 valence electrons. The van der Waals surface area contributed by atoms with E-state index in [1.165, 1.54) is 24.0 Å². The number of hydrogen-bond donors (Lipinski definition) is 1. The maximum absolute atomic E-state index is 10.7. The van der Waals surface area contributed by atoms with E-state index < -0.39 is 5.97 Å². The molecule has 17 heavy (non-hydrogen) atoms. The van der Waals surface area contributed by atoms with Gasteiger partial charge in [0.25, 0.3) is 0 Å². The number of aromatic carboxylic acids is 1. The fourth-order valence-corrected chi connectivity index (χ4v) is 1.92. The lowest BCUT2D eigenvalue weighted by atomic mass is 10.3. The van der Waals surface area contributed by atoms with E-state index >= 15 is 0 Å². The summed E-state index contributed by atoms with van der Waals surface area (Å²) in [5, 5.41) is 12.5. The van der Waals surface area contributed by atoms with Crippen LogP contribution >= 0.6 is 11.8 Å². The number of carboxylic acids is 1. The van der Waals surface area contributed by atoms with Crippen molar-refractivity contribution < 1.29 is 14.4 Å². The summed E-state index contributed by atoms with van der Waals surface area (Å²) in [6.45, 7) is 1.74. The topological polar surface area (TPSA) is 89.1 Å². The lowest BCUT2D eigenvalue weighted by Gasteiger charge is -1.99. The lowest BCUT2D eigenvalue weighted by Crippen LogP contribution is -1.99. The van der Waals surface area contributed by atoms with Gasteiger partial charge in [-0.05, 0) is 19.1 Å². The number of rotatable bonds is 4. The average Bonchev–Trinajstić information content (AvgIpc) is 2.73. The van der Waals surface area contributed by atoms with Crippen molar-refractivity contribution in [1.29, 1.82) is 0 Å². The highest BCUT2D eigenvalue weighted by atomic mass is 32.2. The smallest absolute Gasteiger partial charge is 0.354 e. The normalized spacial score (nSPS) is 10.4. The monoisotopic (exact) mass is 251 g/mol. The highest BCUT2D eigenvalue weighted by molar-refractivity contribution is 7.98. The SMILES string of the molecule is Cc1noc(CSc2ccnc(C(=O)O)c2)n1. The third-order valence-electron chi connectivity index (χ3n) is 1.88. The molecular weight excluding hydrogens is 242 g/mol. The van der Waals surface area contributed by atoms with E-state index in [0.29, 0.717) is 17.5 Å². The van der Waals surface area contributed by atoms with E-state index in [1.54, 1.807) is 13.0 Å². The van der Waals surface area contributed by atoms with Gasteiger partial charge in [-0.3, -0.25) is 0 Å². The molecular formula is C10H9N3O3S. The van der Waals surface area contributed by atoms with Gasteiger partial charge in [-0.1, -0.05) is 5.16 Å². The standard InChI is InChI=1S/C10H9N3O3S/c1-6-12-9(16-13-6)5-17-7-2-3-11-8(4-7)10(14)15/h2-4H,5H2,1H3,(H,14,15). The first-order chi connectivity index (χ1) is 8.15. The molecule has 0 unspecified atom stereocenters. The van der Waals surface area contributed by atoms with Gasteiger partial charge in [-0.25, -0.2) is 9.78 Å². The van der Waals surface area contributed by atoms with E-state index in [4.69, 9.17) is 9.63 Å². The number of carboxylic acid groups (broad SMARTS) is 1. The zero-order chi connectivity index (χ0) is 12.3. The maximum atomic E-state index is 10.7. The molecule has 0 aromatic carbocycles. The van der Waals surface area contributed by atoms with Crippen molar-refractivity contribution in [2.24, 2.45) is 0 Å². The molecule has 7 heteroatoms. The molecule has 2 heterocycles. The van der Waals surface area contributed by atoms with Gasteiger partial charge in [-0.2, -0.15) is 4.98 Å². The molecule has 0 aliphatic heterocycles. The Labute approximate surface area is 101 Å². The molecule has 0 aliphatic rings. The lowest BCUT2D eigenvalue weighted by molar-refractivity contribution is 0.0690. The van der Waals surface area contributed by atoms with Crippen LogP contribution in [-0.2, 0) is 5.75 Å². The Morgan fingerprint density at radius 3 is 3.06 bits per heavy atom. The van der Waals surface area contributed by atoms with Crippen molar-refractivity contribution >= 4 is 17.7 Å². The minimum atomic E-state index is -1.04. The second-order valence-electron chi connectivity index (χ2n) is 3.21. The van der Waals surface area contributed by atoms with Gasteiger partial charge in [-0.15, -0.1) is 11.8 Å². The van der Waals surface area contributed by atoms with Crippen LogP contribution in [0.4, 0.5) is 0 Å². The minimum Gasteiger partial charge on any atom is -0.477 e. The van der Waals surface area contributed by atoms with Crippen LogP contribution in [0.3, 0.4) is 0 Å². The maximum Gasteiger partial charge on any atom is 0.354 e. The van der Waals surface area contributed by atoms with E-state index in [0.717, 1.165) is 4.90 Å². The van der Waals surface area contributed by atoms with Gasteiger partial charge in [0.2, 0.25) is 5.89 Å². The fraction of sp³-hybridized carbons (Fsp3) is 0.200. The third kappa shape index (κ3) is 3.04. The zero-order valence-electron chi connectivity index (χ0n) is 8.95. The van der Waals surface area contributed by atoms with Crippen molar-refractivity contribution in [1.82, 2.24) is 15.1 Å². The molecule has 0 fully saturated rings. The summed E-state index contributed by atoms with van der Waals surface area (Å²) in [6.07, 6.45) is 1.46. The van der Waals surface area contributed by atoms with Crippen LogP contribution in [0.25, 0.3) is 0 Å². The van der Waals surface area contributed by atoms with Crippen LogP contribution in [0, 0.1) is 6.92 Å². The first kappa shape index (κ1) is 11.6. The van der Waals surface area contributed by atoms with Crippen LogP contribution < -0.4 is 0 Å². The second-order valence-corrected chi connectivity index (χ2v) is 4.25. The number of carbonyl (C=O) groups is 1. The summed E-state index contributed by atoms with van der Waals surface area (Å²) >= 11 is 1.42. The highest BCUT2D eigenvalue weighted by Gasteiger charge is 2.07. The van der Waals surface area contributed by atoms with E-state index in [-0.39, 0.29) is 5.69 Å². The molecule has 2 aromatic heterocycles. The van der Waals surface area contributed by atoms with Crippen molar-refractivity contribution in [3.8, 4) is 0 Å². The van der Waals surface area contributed by atoms with Crippen LogP contribution in [0.5, 0.6) is 0 Å². The van der Waals surface area contributed by atoms with Gasteiger partial charge < -0.3 is 9.63 Å². The number of aromatic nitrogens is 3. The number of pyridine rings is 1. The Kier molecular flexibility index (Phi) is 3.38. The number of hydrogen-bond acceptors (Lipinski definition) is 6. The van der Waals surface area contributed by atoms with Crippen molar-refractivity contribution in [2.45, 2.75) is 17.6 Å². The Balaban J connectivity index is 2.04. The largest absolute Gasteiger partial charge is 0.477 e. The van der Waals surface area contributed by atoms with Gasteiger partial charge in [0.05, 0.1) is 5.75 Å². The van der Waals surface area contributed by atoms with E-state index in [1.807, 2.05) is 0 Å². The molecule has 0 saturated heterocycles. The summed E-state index contributed by atoms with van der Waals surface area (Å²) in [6, 6.07) is 3.25. The van der Waals surface area contributed by atoms with E-state index in [2.05, 4.69) is 15.1 Å². The highest BCUT2D eigenvalue weighted by Crippen LogP contribution is 2.22. The summed E-state index contributed by atoms with van der Waals surface area (Å²) < 4.78 is 4.95. The first-order valence-electron chi connectivity index (χ1n) is 4.76. The summed E-state index contributed by atoms with van der Waals surface area (Å²) in [4.78, 5) is 19.3. The Morgan fingerprint density at radius 2 is 2.41 bits per heavy atom. The molecule has 0 bridgehead atoms. The molecule has 2 rings (SSSR count). The molecule has 1 N–H and O–H groups in total.